The van der Waals surface area contributed by atoms with E-state index in [1.54, 1.807) is 18.3 Å². The number of hydrogen-bond acceptors (Lipinski definition) is 8. The number of thiazole rings is 1. The average Bonchev–Trinajstić information content (AvgIpc) is 3.11. The second kappa shape index (κ2) is 9.09. The molecule has 0 saturated heterocycles. The highest BCUT2D eigenvalue weighted by atomic mass is 35.5. The van der Waals surface area contributed by atoms with Crippen molar-refractivity contribution in [1.29, 1.82) is 0 Å². The lowest BCUT2D eigenvalue weighted by Gasteiger charge is -2.08. The smallest absolute Gasteiger partial charge is 0.188 e. The topological polar surface area (TPSA) is 106 Å². The molecule has 2 heterocycles. The SMILES string of the molecule is Cc1nc(NCCN)cc(Nc2ncc(C(=O)Cc3c(C)cccc3Cl)s2)n1. The van der Waals surface area contributed by atoms with Gasteiger partial charge in [-0.15, -0.1) is 0 Å². The number of aryl methyl sites for hydroxylation is 2. The van der Waals surface area contributed by atoms with Gasteiger partial charge in [-0.05, 0) is 31.0 Å². The molecule has 0 bridgehead atoms. The van der Waals surface area contributed by atoms with Gasteiger partial charge in [-0.1, -0.05) is 35.1 Å². The molecule has 4 N–H and O–H groups in total. The molecule has 2 aromatic heterocycles. The third kappa shape index (κ3) is 5.03. The summed E-state index contributed by atoms with van der Waals surface area (Å²) >= 11 is 7.52. The molecule has 0 aliphatic rings. The zero-order chi connectivity index (χ0) is 20.1. The Bertz CT molecular complexity index is 970. The summed E-state index contributed by atoms with van der Waals surface area (Å²) < 4.78 is 0. The van der Waals surface area contributed by atoms with E-state index in [0.29, 0.717) is 45.6 Å². The molecule has 7 nitrogen and oxygen atoms in total. The quantitative estimate of drug-likeness (QED) is 0.480. The number of nitrogens with two attached hydrogens (primary N) is 1. The van der Waals surface area contributed by atoms with Gasteiger partial charge in [0, 0.05) is 30.6 Å². The summed E-state index contributed by atoms with van der Waals surface area (Å²) in [4.78, 5) is 26.2. The number of halogens is 1. The van der Waals surface area contributed by atoms with Gasteiger partial charge in [0.2, 0.25) is 0 Å². The third-order valence-corrected chi connectivity index (χ3v) is 5.30. The number of carbonyl (C=O) groups excluding carboxylic acids is 1. The Hall–Kier alpha value is -2.55. The van der Waals surface area contributed by atoms with Gasteiger partial charge in [0.25, 0.3) is 0 Å². The van der Waals surface area contributed by atoms with E-state index >= 15 is 0 Å². The summed E-state index contributed by atoms with van der Waals surface area (Å²) in [5.41, 5.74) is 7.36. The number of anilines is 3. The standard InChI is InChI=1S/C19H21ClN6OS/c1-11-4-3-5-14(20)13(11)8-15(27)16-10-23-19(28-16)26-18-9-17(22-7-6-21)24-12(2)25-18/h3-5,9-10H,6-8,21H2,1-2H3,(H2,22,23,24,25,26). The molecule has 0 spiro atoms. The maximum Gasteiger partial charge on any atom is 0.188 e. The summed E-state index contributed by atoms with van der Waals surface area (Å²) in [7, 11) is 0. The first-order valence-electron chi connectivity index (χ1n) is 8.76. The van der Waals surface area contributed by atoms with Gasteiger partial charge in [0.05, 0.1) is 11.1 Å². The number of nitrogens with one attached hydrogen (secondary N) is 2. The fourth-order valence-electron chi connectivity index (χ4n) is 2.63. The molecule has 28 heavy (non-hydrogen) atoms. The Morgan fingerprint density at radius 1 is 1.25 bits per heavy atom. The number of nitrogens with zero attached hydrogens (tertiary/aromatic N) is 3. The number of rotatable bonds is 8. The van der Waals surface area contributed by atoms with Gasteiger partial charge in [0.1, 0.15) is 17.5 Å². The van der Waals surface area contributed by atoms with Crippen molar-refractivity contribution in [2.45, 2.75) is 20.3 Å². The maximum atomic E-state index is 12.6. The molecule has 3 rings (SSSR count). The minimum atomic E-state index is -0.0223. The van der Waals surface area contributed by atoms with E-state index in [1.165, 1.54) is 11.3 Å². The van der Waals surface area contributed by atoms with Crippen molar-refractivity contribution >= 4 is 45.5 Å². The summed E-state index contributed by atoms with van der Waals surface area (Å²) in [5, 5.41) is 7.44. The Morgan fingerprint density at radius 2 is 2.04 bits per heavy atom. The maximum absolute atomic E-state index is 12.6. The normalized spacial score (nSPS) is 10.7. The molecule has 0 fully saturated rings. The van der Waals surface area contributed by atoms with Crippen LogP contribution in [0.25, 0.3) is 0 Å². The Kier molecular flexibility index (Phi) is 6.56. The molecule has 0 aliphatic carbocycles. The molecular weight excluding hydrogens is 396 g/mol. The predicted octanol–water partition coefficient (Wildman–Crippen LogP) is 3.74. The highest BCUT2D eigenvalue weighted by Gasteiger charge is 2.15. The van der Waals surface area contributed by atoms with Crippen LogP contribution < -0.4 is 16.4 Å². The van der Waals surface area contributed by atoms with Crippen molar-refractivity contribution in [3.8, 4) is 0 Å². The molecule has 3 aromatic rings. The van der Waals surface area contributed by atoms with E-state index < -0.39 is 0 Å². The van der Waals surface area contributed by atoms with Crippen LogP contribution in [0.1, 0.15) is 26.6 Å². The van der Waals surface area contributed by atoms with E-state index in [-0.39, 0.29) is 12.2 Å². The number of hydrogen-bond donors (Lipinski definition) is 3. The van der Waals surface area contributed by atoms with Crippen LogP contribution in [-0.2, 0) is 6.42 Å². The Morgan fingerprint density at radius 3 is 2.79 bits per heavy atom. The first kappa shape index (κ1) is 20.2. The highest BCUT2D eigenvalue weighted by Crippen LogP contribution is 2.26. The van der Waals surface area contributed by atoms with Crippen molar-refractivity contribution in [1.82, 2.24) is 15.0 Å². The van der Waals surface area contributed by atoms with E-state index in [9.17, 15) is 4.79 Å². The fraction of sp³-hybridized carbons (Fsp3) is 0.263. The first-order valence-corrected chi connectivity index (χ1v) is 9.95. The van der Waals surface area contributed by atoms with Crippen LogP contribution in [0.5, 0.6) is 0 Å². The lowest BCUT2D eigenvalue weighted by atomic mass is 10.0. The van der Waals surface area contributed by atoms with Crippen molar-refractivity contribution in [2.24, 2.45) is 5.73 Å². The number of ketones is 1. The lowest BCUT2D eigenvalue weighted by molar-refractivity contribution is 0.0996. The second-order valence-corrected chi connectivity index (χ2v) is 7.63. The van der Waals surface area contributed by atoms with Crippen molar-refractivity contribution in [3.63, 3.8) is 0 Å². The zero-order valence-electron chi connectivity index (χ0n) is 15.6. The van der Waals surface area contributed by atoms with Gasteiger partial charge >= 0.3 is 0 Å². The molecule has 0 amide bonds. The second-order valence-electron chi connectivity index (χ2n) is 6.19. The van der Waals surface area contributed by atoms with Crippen LogP contribution >= 0.6 is 22.9 Å². The van der Waals surface area contributed by atoms with Gasteiger partial charge in [0.15, 0.2) is 10.9 Å². The number of aromatic nitrogens is 3. The van der Waals surface area contributed by atoms with E-state index in [1.807, 2.05) is 26.0 Å². The third-order valence-electron chi connectivity index (χ3n) is 3.99. The van der Waals surface area contributed by atoms with Crippen LogP contribution in [0.4, 0.5) is 16.8 Å². The molecule has 1 aromatic carbocycles. The van der Waals surface area contributed by atoms with Crippen LogP contribution in [-0.4, -0.2) is 33.8 Å². The van der Waals surface area contributed by atoms with Crippen LogP contribution in [0.2, 0.25) is 5.02 Å². The minimum Gasteiger partial charge on any atom is -0.369 e. The summed E-state index contributed by atoms with van der Waals surface area (Å²) in [5.74, 6) is 1.88. The molecule has 0 radical (unpaired) electrons. The number of Topliss-reactive ketones (excluding diaryl/α,β-unsaturated/α-hetero) is 1. The molecule has 146 valence electrons. The molecule has 0 atom stereocenters. The number of benzene rings is 1. The zero-order valence-corrected chi connectivity index (χ0v) is 17.2. The lowest BCUT2D eigenvalue weighted by Crippen LogP contribution is -2.14. The van der Waals surface area contributed by atoms with Crippen LogP contribution in [0.15, 0.2) is 30.5 Å². The monoisotopic (exact) mass is 416 g/mol. The summed E-state index contributed by atoms with van der Waals surface area (Å²) in [6, 6.07) is 7.39. The minimum absolute atomic E-state index is 0.0223. The largest absolute Gasteiger partial charge is 0.369 e. The molecule has 9 heteroatoms. The van der Waals surface area contributed by atoms with Gasteiger partial charge in [-0.2, -0.15) is 0 Å². The van der Waals surface area contributed by atoms with Crippen LogP contribution in [0.3, 0.4) is 0 Å². The predicted molar refractivity (Wildman–Crippen MR) is 114 cm³/mol. The molecule has 0 unspecified atom stereocenters. The van der Waals surface area contributed by atoms with Crippen molar-refractivity contribution in [2.75, 3.05) is 23.7 Å². The van der Waals surface area contributed by atoms with Crippen LogP contribution in [0, 0.1) is 13.8 Å². The van der Waals surface area contributed by atoms with Gasteiger partial charge in [-0.25, -0.2) is 15.0 Å². The summed E-state index contributed by atoms with van der Waals surface area (Å²) in [6.45, 7) is 4.88. The fourth-order valence-corrected chi connectivity index (χ4v) is 3.68. The Labute approximate surface area is 172 Å². The molecule has 0 saturated carbocycles. The average molecular weight is 417 g/mol. The van der Waals surface area contributed by atoms with E-state index in [4.69, 9.17) is 17.3 Å². The molecule has 0 aliphatic heterocycles. The van der Waals surface area contributed by atoms with Gasteiger partial charge in [-0.3, -0.25) is 4.79 Å². The van der Waals surface area contributed by atoms with Crippen molar-refractivity contribution in [3.05, 3.63) is 57.3 Å². The first-order chi connectivity index (χ1) is 13.5. The van der Waals surface area contributed by atoms with Crippen molar-refractivity contribution < 1.29 is 4.79 Å². The van der Waals surface area contributed by atoms with Gasteiger partial charge < -0.3 is 16.4 Å². The highest BCUT2D eigenvalue weighted by molar-refractivity contribution is 7.17. The number of carbonyl (C=O) groups is 1. The van der Waals surface area contributed by atoms with E-state index in [0.717, 1.165) is 11.1 Å². The van der Waals surface area contributed by atoms with E-state index in [2.05, 4.69) is 25.6 Å². The molecular formula is C19H21ClN6OS. The summed E-state index contributed by atoms with van der Waals surface area (Å²) in [6.07, 6.45) is 1.82. The Balaban J connectivity index is 1.72.